The number of hydrogen-bond donors (Lipinski definition) is 1. The minimum atomic E-state index is 0.531. The fourth-order valence-corrected chi connectivity index (χ4v) is 2.25. The van der Waals surface area contributed by atoms with Crippen molar-refractivity contribution >= 4 is 0 Å². The Balaban J connectivity index is 2.04. The van der Waals surface area contributed by atoms with Crippen molar-refractivity contribution in [1.29, 1.82) is 0 Å². The molecule has 0 saturated heterocycles. The van der Waals surface area contributed by atoms with Gasteiger partial charge in [0.05, 0.1) is 6.10 Å². The van der Waals surface area contributed by atoms with Crippen molar-refractivity contribution in [3.8, 4) is 0 Å². The molecule has 1 N–H and O–H groups in total. The van der Waals surface area contributed by atoms with Crippen molar-refractivity contribution in [3.63, 3.8) is 0 Å². The van der Waals surface area contributed by atoms with Gasteiger partial charge < -0.3 is 10.1 Å². The van der Waals surface area contributed by atoms with Crippen molar-refractivity contribution in [2.24, 2.45) is 5.92 Å². The Morgan fingerprint density at radius 2 is 1.93 bits per heavy atom. The highest BCUT2D eigenvalue weighted by Crippen LogP contribution is 2.24. The van der Waals surface area contributed by atoms with E-state index in [0.29, 0.717) is 18.2 Å². The van der Waals surface area contributed by atoms with Crippen LogP contribution in [0.4, 0.5) is 0 Å². The fourth-order valence-electron chi connectivity index (χ4n) is 2.25. The lowest BCUT2D eigenvalue weighted by Crippen LogP contribution is -2.48. The van der Waals surface area contributed by atoms with E-state index in [1.807, 2.05) is 0 Å². The maximum atomic E-state index is 5.53. The van der Waals surface area contributed by atoms with E-state index in [4.69, 9.17) is 4.74 Å². The first-order chi connectivity index (χ1) is 6.61. The third-order valence-electron chi connectivity index (χ3n) is 2.84. The van der Waals surface area contributed by atoms with Crippen LogP contribution in [-0.4, -0.2) is 24.8 Å². The molecule has 0 radical (unpaired) electrons. The van der Waals surface area contributed by atoms with Gasteiger partial charge in [-0.25, -0.2) is 0 Å². The van der Waals surface area contributed by atoms with Crippen LogP contribution in [0.25, 0.3) is 0 Å². The van der Waals surface area contributed by atoms with Gasteiger partial charge in [0.25, 0.3) is 0 Å². The van der Waals surface area contributed by atoms with Crippen LogP contribution in [0.2, 0.25) is 0 Å². The highest BCUT2D eigenvalue weighted by Gasteiger charge is 2.29. The largest absolute Gasteiger partial charge is 0.378 e. The quantitative estimate of drug-likeness (QED) is 0.710. The molecule has 1 fully saturated rings. The van der Waals surface area contributed by atoms with Crippen molar-refractivity contribution in [3.05, 3.63) is 0 Å². The van der Waals surface area contributed by atoms with Gasteiger partial charge in [0, 0.05) is 18.7 Å². The molecule has 0 aliphatic heterocycles. The summed E-state index contributed by atoms with van der Waals surface area (Å²) in [5, 5.41) is 3.66. The van der Waals surface area contributed by atoms with Crippen molar-refractivity contribution in [2.75, 3.05) is 6.61 Å². The molecule has 14 heavy (non-hydrogen) atoms. The van der Waals surface area contributed by atoms with E-state index in [0.717, 1.165) is 12.5 Å². The van der Waals surface area contributed by atoms with Crippen LogP contribution in [0.5, 0.6) is 0 Å². The van der Waals surface area contributed by atoms with E-state index in [1.165, 1.54) is 19.3 Å². The highest BCUT2D eigenvalue weighted by molar-refractivity contribution is 4.87. The standard InChI is InChI=1S/C12H25NO/c1-5-14-12-7-11(8-12)13-10(4)6-9(2)3/h9-13H,5-8H2,1-4H3. The van der Waals surface area contributed by atoms with E-state index in [2.05, 4.69) is 33.0 Å². The van der Waals surface area contributed by atoms with Gasteiger partial charge in [-0.2, -0.15) is 0 Å². The van der Waals surface area contributed by atoms with Gasteiger partial charge in [0.1, 0.15) is 0 Å². The summed E-state index contributed by atoms with van der Waals surface area (Å²) in [5.74, 6) is 0.792. The van der Waals surface area contributed by atoms with Gasteiger partial charge in [-0.05, 0) is 39.0 Å². The Morgan fingerprint density at radius 1 is 1.29 bits per heavy atom. The van der Waals surface area contributed by atoms with Crippen LogP contribution in [0, 0.1) is 5.92 Å². The third kappa shape index (κ3) is 3.97. The molecule has 1 unspecified atom stereocenters. The smallest absolute Gasteiger partial charge is 0.0604 e. The van der Waals surface area contributed by atoms with E-state index in [1.54, 1.807) is 0 Å². The zero-order chi connectivity index (χ0) is 10.6. The predicted octanol–water partition coefficient (Wildman–Crippen LogP) is 2.58. The summed E-state index contributed by atoms with van der Waals surface area (Å²) in [5.41, 5.74) is 0. The molecule has 0 bridgehead atoms. The van der Waals surface area contributed by atoms with E-state index in [9.17, 15) is 0 Å². The van der Waals surface area contributed by atoms with Gasteiger partial charge in [-0.15, -0.1) is 0 Å². The van der Waals surface area contributed by atoms with Gasteiger partial charge in [0.2, 0.25) is 0 Å². The highest BCUT2D eigenvalue weighted by atomic mass is 16.5. The van der Waals surface area contributed by atoms with Gasteiger partial charge >= 0.3 is 0 Å². The summed E-state index contributed by atoms with van der Waals surface area (Å²) in [6, 6.07) is 1.36. The van der Waals surface area contributed by atoms with E-state index < -0.39 is 0 Å². The molecule has 1 saturated carbocycles. The summed E-state index contributed by atoms with van der Waals surface area (Å²) in [7, 11) is 0. The number of nitrogens with one attached hydrogen (secondary N) is 1. The van der Waals surface area contributed by atoms with Crippen molar-refractivity contribution in [2.45, 2.75) is 65.1 Å². The Kier molecular flexibility index (Phi) is 4.90. The minimum Gasteiger partial charge on any atom is -0.378 e. The summed E-state index contributed by atoms with van der Waals surface area (Å²) >= 11 is 0. The first kappa shape index (κ1) is 12.0. The van der Waals surface area contributed by atoms with Gasteiger partial charge in [-0.3, -0.25) is 0 Å². The average Bonchev–Trinajstić information content (AvgIpc) is 1.99. The summed E-state index contributed by atoms with van der Waals surface area (Å²) < 4.78 is 5.53. The molecule has 2 heteroatoms. The van der Waals surface area contributed by atoms with Crippen LogP contribution < -0.4 is 5.32 Å². The summed E-state index contributed by atoms with van der Waals surface area (Å²) in [6.45, 7) is 9.78. The van der Waals surface area contributed by atoms with Crippen LogP contribution in [0.1, 0.15) is 47.0 Å². The average molecular weight is 199 g/mol. The Labute approximate surface area is 88.4 Å². The molecule has 0 aromatic rings. The van der Waals surface area contributed by atoms with Crippen LogP contribution in [0.15, 0.2) is 0 Å². The van der Waals surface area contributed by atoms with Crippen LogP contribution in [-0.2, 0) is 4.74 Å². The first-order valence-corrected chi connectivity index (χ1v) is 5.99. The molecule has 0 heterocycles. The first-order valence-electron chi connectivity index (χ1n) is 5.99. The molecule has 1 rings (SSSR count). The predicted molar refractivity (Wildman–Crippen MR) is 60.5 cm³/mol. The molecule has 1 atom stereocenters. The second kappa shape index (κ2) is 5.72. The molecule has 0 spiro atoms. The molecule has 2 nitrogen and oxygen atoms in total. The van der Waals surface area contributed by atoms with Crippen LogP contribution in [0.3, 0.4) is 0 Å². The lowest BCUT2D eigenvalue weighted by atomic mass is 9.88. The molecule has 0 amide bonds. The number of hydrogen-bond acceptors (Lipinski definition) is 2. The zero-order valence-corrected chi connectivity index (χ0v) is 10.0. The summed E-state index contributed by atoms with van der Waals surface area (Å²) in [4.78, 5) is 0. The molecule has 1 aliphatic rings. The van der Waals surface area contributed by atoms with Gasteiger partial charge in [0.15, 0.2) is 0 Å². The van der Waals surface area contributed by atoms with Gasteiger partial charge in [-0.1, -0.05) is 13.8 Å². The molecule has 0 aromatic carbocycles. The second-order valence-electron chi connectivity index (χ2n) is 4.94. The Morgan fingerprint density at radius 3 is 2.43 bits per heavy atom. The van der Waals surface area contributed by atoms with Crippen LogP contribution >= 0.6 is 0 Å². The number of ether oxygens (including phenoxy) is 1. The molecular formula is C12H25NO. The molecule has 0 aromatic heterocycles. The number of rotatable bonds is 6. The van der Waals surface area contributed by atoms with E-state index >= 15 is 0 Å². The zero-order valence-electron chi connectivity index (χ0n) is 10.0. The fraction of sp³-hybridized carbons (Fsp3) is 1.00. The lowest BCUT2D eigenvalue weighted by Gasteiger charge is -2.37. The van der Waals surface area contributed by atoms with E-state index in [-0.39, 0.29) is 0 Å². The summed E-state index contributed by atoms with van der Waals surface area (Å²) in [6.07, 6.45) is 4.21. The maximum absolute atomic E-state index is 5.53. The SMILES string of the molecule is CCOC1CC(NC(C)CC(C)C)C1. The normalized spacial score (nSPS) is 28.9. The third-order valence-corrected chi connectivity index (χ3v) is 2.84. The monoisotopic (exact) mass is 199 g/mol. The molecular weight excluding hydrogens is 174 g/mol. The van der Waals surface area contributed by atoms with Crippen molar-refractivity contribution < 1.29 is 4.74 Å². The minimum absolute atomic E-state index is 0.531. The topological polar surface area (TPSA) is 21.3 Å². The Bertz CT molecular complexity index is 152. The Hall–Kier alpha value is -0.0800. The molecule has 1 aliphatic carbocycles. The maximum Gasteiger partial charge on any atom is 0.0604 e. The van der Waals surface area contributed by atoms with Crippen molar-refractivity contribution in [1.82, 2.24) is 5.32 Å². The lowest BCUT2D eigenvalue weighted by molar-refractivity contribution is -0.0123. The second-order valence-corrected chi connectivity index (χ2v) is 4.94. The molecule has 84 valence electrons.